The van der Waals surface area contributed by atoms with Crippen LogP contribution in [0.15, 0.2) is 48.5 Å². The van der Waals surface area contributed by atoms with Gasteiger partial charge in [-0.15, -0.1) is 12.4 Å². The van der Waals surface area contributed by atoms with E-state index in [4.69, 9.17) is 4.74 Å². The molecule has 1 fully saturated rings. The fraction of sp³-hybridized carbons (Fsp3) is 0.333. The van der Waals surface area contributed by atoms with Crippen molar-refractivity contribution < 1.29 is 14.3 Å². The van der Waals surface area contributed by atoms with Gasteiger partial charge in [-0.1, -0.05) is 12.1 Å². The molecule has 0 saturated carbocycles. The molecule has 2 unspecified atom stereocenters. The number of benzene rings is 2. The Kier molecular flexibility index (Phi) is 7.84. The van der Waals surface area contributed by atoms with Crippen LogP contribution in [0, 0.1) is 0 Å². The highest BCUT2D eigenvalue weighted by Gasteiger charge is 2.22. The molecule has 0 radical (unpaired) electrons. The number of methoxy groups -OCH3 is 1. The maximum atomic E-state index is 12.7. The lowest BCUT2D eigenvalue weighted by Gasteiger charge is -2.28. The molecule has 2 aromatic carbocycles. The van der Waals surface area contributed by atoms with Crippen LogP contribution in [0.5, 0.6) is 5.75 Å². The fourth-order valence-electron chi connectivity index (χ4n) is 3.25. The number of carbonyl (C=O) groups excluding carboxylic acids is 2. The van der Waals surface area contributed by atoms with Crippen LogP contribution < -0.4 is 20.7 Å². The molecule has 150 valence electrons. The van der Waals surface area contributed by atoms with Gasteiger partial charge in [0, 0.05) is 17.6 Å². The van der Waals surface area contributed by atoms with E-state index in [1.54, 1.807) is 55.6 Å². The van der Waals surface area contributed by atoms with Gasteiger partial charge in [0.25, 0.3) is 11.8 Å². The number of hydrogen-bond donors (Lipinski definition) is 3. The molecule has 3 rings (SSSR count). The predicted octanol–water partition coefficient (Wildman–Crippen LogP) is 3.24. The Morgan fingerprint density at radius 1 is 1.07 bits per heavy atom. The Bertz CT molecular complexity index is 811. The zero-order valence-electron chi connectivity index (χ0n) is 16.0. The lowest BCUT2D eigenvalue weighted by Crippen LogP contribution is -2.46. The number of amides is 2. The number of ether oxygens (including phenoxy) is 1. The molecule has 28 heavy (non-hydrogen) atoms. The van der Waals surface area contributed by atoms with Gasteiger partial charge in [0.15, 0.2) is 0 Å². The second kappa shape index (κ2) is 10.1. The summed E-state index contributed by atoms with van der Waals surface area (Å²) in [5.41, 5.74) is 1.46. The predicted molar refractivity (Wildman–Crippen MR) is 113 cm³/mol. The summed E-state index contributed by atoms with van der Waals surface area (Å²) in [7, 11) is 1.58. The summed E-state index contributed by atoms with van der Waals surface area (Å²) in [6, 6.07) is 14.4. The highest BCUT2D eigenvalue weighted by molar-refractivity contribution is 6.09. The average molecular weight is 404 g/mol. The molecule has 3 N–H and O–H groups in total. The van der Waals surface area contributed by atoms with Gasteiger partial charge in [-0.3, -0.25) is 9.59 Å². The summed E-state index contributed by atoms with van der Waals surface area (Å²) in [6.45, 7) is 3.00. The minimum atomic E-state index is -0.270. The number of anilines is 1. The fourth-order valence-corrected chi connectivity index (χ4v) is 3.25. The Labute approximate surface area is 171 Å². The standard InChI is InChI=1S/C21H25N3O3.ClH/c1-14-13-16(11-12-22-14)23-21(26)18-5-3-4-6-19(18)24-20(25)15-7-9-17(27-2)10-8-15;/h3-10,14,16,22H,11-13H2,1-2H3,(H,23,26)(H,24,25);1H. The molecule has 1 heterocycles. The quantitative estimate of drug-likeness (QED) is 0.716. The van der Waals surface area contributed by atoms with Crippen LogP contribution in [0.25, 0.3) is 0 Å². The molecule has 7 heteroatoms. The van der Waals surface area contributed by atoms with Gasteiger partial charge >= 0.3 is 0 Å². The van der Waals surface area contributed by atoms with E-state index in [9.17, 15) is 9.59 Å². The molecular weight excluding hydrogens is 378 g/mol. The van der Waals surface area contributed by atoms with E-state index in [-0.39, 0.29) is 30.3 Å². The van der Waals surface area contributed by atoms with Crippen LogP contribution in [-0.2, 0) is 0 Å². The molecule has 2 amide bonds. The Morgan fingerprint density at radius 2 is 1.79 bits per heavy atom. The average Bonchev–Trinajstić information content (AvgIpc) is 2.68. The van der Waals surface area contributed by atoms with Crippen molar-refractivity contribution in [2.24, 2.45) is 0 Å². The minimum absolute atomic E-state index is 0. The number of hydrogen-bond acceptors (Lipinski definition) is 4. The topological polar surface area (TPSA) is 79.5 Å². The van der Waals surface area contributed by atoms with E-state index >= 15 is 0 Å². The van der Waals surface area contributed by atoms with Crippen LogP contribution in [-0.4, -0.2) is 37.6 Å². The molecular formula is C21H26ClN3O3. The Morgan fingerprint density at radius 3 is 2.46 bits per heavy atom. The molecule has 1 aliphatic rings. The third kappa shape index (κ3) is 5.47. The Balaban J connectivity index is 0.00000280. The second-order valence-electron chi connectivity index (χ2n) is 6.78. The summed E-state index contributed by atoms with van der Waals surface area (Å²) < 4.78 is 5.11. The van der Waals surface area contributed by atoms with E-state index in [1.165, 1.54) is 0 Å². The molecule has 0 aromatic heterocycles. The number of rotatable bonds is 5. The second-order valence-corrected chi connectivity index (χ2v) is 6.78. The molecule has 0 bridgehead atoms. The molecule has 0 spiro atoms. The van der Waals surface area contributed by atoms with Crippen LogP contribution in [0.2, 0.25) is 0 Å². The van der Waals surface area contributed by atoms with Crippen LogP contribution in [0.3, 0.4) is 0 Å². The highest BCUT2D eigenvalue weighted by atomic mass is 35.5. The zero-order chi connectivity index (χ0) is 19.2. The van der Waals surface area contributed by atoms with E-state index in [2.05, 4.69) is 22.9 Å². The summed E-state index contributed by atoms with van der Waals surface area (Å²) in [5, 5.41) is 9.30. The number of para-hydroxylation sites is 1. The summed E-state index contributed by atoms with van der Waals surface area (Å²) in [5.74, 6) is 0.246. The number of carbonyl (C=O) groups is 2. The van der Waals surface area contributed by atoms with Gasteiger partial charge in [-0.2, -0.15) is 0 Å². The number of halogens is 1. The maximum Gasteiger partial charge on any atom is 0.255 e. The minimum Gasteiger partial charge on any atom is -0.497 e. The number of nitrogens with one attached hydrogen (secondary N) is 3. The van der Waals surface area contributed by atoms with Crippen molar-refractivity contribution >= 4 is 29.9 Å². The Hall–Kier alpha value is -2.57. The lowest BCUT2D eigenvalue weighted by atomic mass is 10.00. The maximum absolute atomic E-state index is 12.7. The van der Waals surface area contributed by atoms with Crippen molar-refractivity contribution in [1.82, 2.24) is 10.6 Å². The van der Waals surface area contributed by atoms with Gasteiger partial charge in [0.1, 0.15) is 5.75 Å². The first kappa shape index (κ1) is 21.7. The third-order valence-corrected chi connectivity index (χ3v) is 4.73. The molecule has 1 aliphatic heterocycles. The summed E-state index contributed by atoms with van der Waals surface area (Å²) >= 11 is 0. The van der Waals surface area contributed by atoms with E-state index in [0.717, 1.165) is 19.4 Å². The van der Waals surface area contributed by atoms with Crippen molar-refractivity contribution in [1.29, 1.82) is 0 Å². The van der Waals surface area contributed by atoms with Crippen molar-refractivity contribution in [2.45, 2.75) is 31.8 Å². The first-order valence-electron chi connectivity index (χ1n) is 9.15. The van der Waals surface area contributed by atoms with Gasteiger partial charge in [0.05, 0.1) is 18.4 Å². The lowest BCUT2D eigenvalue weighted by molar-refractivity contribution is 0.0926. The first-order valence-corrected chi connectivity index (χ1v) is 9.15. The third-order valence-electron chi connectivity index (χ3n) is 4.73. The number of piperidine rings is 1. The van der Waals surface area contributed by atoms with E-state index in [0.29, 0.717) is 28.6 Å². The van der Waals surface area contributed by atoms with Crippen molar-refractivity contribution in [3.05, 3.63) is 59.7 Å². The van der Waals surface area contributed by atoms with Crippen LogP contribution >= 0.6 is 12.4 Å². The highest BCUT2D eigenvalue weighted by Crippen LogP contribution is 2.19. The van der Waals surface area contributed by atoms with Gasteiger partial charge < -0.3 is 20.7 Å². The van der Waals surface area contributed by atoms with Crippen molar-refractivity contribution in [3.8, 4) is 5.75 Å². The zero-order valence-corrected chi connectivity index (χ0v) is 16.8. The smallest absolute Gasteiger partial charge is 0.255 e. The largest absolute Gasteiger partial charge is 0.497 e. The van der Waals surface area contributed by atoms with E-state index in [1.807, 2.05) is 0 Å². The van der Waals surface area contributed by atoms with Gasteiger partial charge in [0.2, 0.25) is 0 Å². The van der Waals surface area contributed by atoms with Crippen molar-refractivity contribution in [2.75, 3.05) is 19.0 Å². The summed E-state index contributed by atoms with van der Waals surface area (Å²) in [6.07, 6.45) is 1.79. The van der Waals surface area contributed by atoms with Gasteiger partial charge in [-0.05, 0) is 62.7 Å². The SMILES string of the molecule is COc1ccc(C(=O)Nc2ccccc2C(=O)NC2CCNC(C)C2)cc1.Cl. The summed E-state index contributed by atoms with van der Waals surface area (Å²) in [4.78, 5) is 25.3. The molecule has 0 aliphatic carbocycles. The molecule has 2 aromatic rings. The first-order chi connectivity index (χ1) is 13.1. The molecule has 6 nitrogen and oxygen atoms in total. The van der Waals surface area contributed by atoms with Crippen LogP contribution in [0.1, 0.15) is 40.5 Å². The molecule has 2 atom stereocenters. The monoisotopic (exact) mass is 403 g/mol. The van der Waals surface area contributed by atoms with Crippen LogP contribution in [0.4, 0.5) is 5.69 Å². The normalized spacial score (nSPS) is 18.5. The van der Waals surface area contributed by atoms with E-state index < -0.39 is 0 Å². The molecule has 1 saturated heterocycles. The van der Waals surface area contributed by atoms with Gasteiger partial charge in [-0.25, -0.2) is 0 Å². The van der Waals surface area contributed by atoms with Crippen molar-refractivity contribution in [3.63, 3.8) is 0 Å².